The molecule has 134 valence electrons. The summed E-state index contributed by atoms with van der Waals surface area (Å²) in [5.41, 5.74) is 1.01. The number of halogens is 1. The molecular weight excluding hydrogens is 360 g/mol. The first-order valence-corrected chi connectivity index (χ1v) is 8.28. The highest BCUT2D eigenvalue weighted by Crippen LogP contribution is 2.42. The second kappa shape index (κ2) is 7.13. The molecule has 0 spiro atoms. The average Bonchev–Trinajstić information content (AvgIpc) is 2.90. The Morgan fingerprint density at radius 2 is 2.08 bits per heavy atom. The number of hydrogen-bond donors (Lipinski definition) is 1. The van der Waals surface area contributed by atoms with Crippen molar-refractivity contribution in [2.45, 2.75) is 19.3 Å². The van der Waals surface area contributed by atoms with Gasteiger partial charge in [-0.2, -0.15) is 0 Å². The number of para-hydroxylation sites is 2. The van der Waals surface area contributed by atoms with Gasteiger partial charge in [-0.25, -0.2) is 0 Å². The topological polar surface area (TPSA) is 98.5 Å². The van der Waals surface area contributed by atoms with Crippen LogP contribution in [0.5, 0.6) is 5.75 Å². The predicted molar refractivity (Wildman–Crippen MR) is 96.0 cm³/mol. The van der Waals surface area contributed by atoms with Gasteiger partial charge in [0.1, 0.15) is 11.4 Å². The molecule has 1 aliphatic carbocycles. The Morgan fingerprint density at radius 3 is 2.81 bits per heavy atom. The Bertz CT molecular complexity index is 912. The van der Waals surface area contributed by atoms with E-state index in [0.29, 0.717) is 17.0 Å². The molecule has 0 aromatic heterocycles. The number of benzene rings is 2. The monoisotopic (exact) mass is 374 g/mol. The first-order valence-electron chi connectivity index (χ1n) is 7.90. The summed E-state index contributed by atoms with van der Waals surface area (Å²) in [6.45, 7) is 1.52. The van der Waals surface area contributed by atoms with E-state index in [1.807, 2.05) is 6.92 Å². The zero-order valence-corrected chi connectivity index (χ0v) is 14.6. The van der Waals surface area contributed by atoms with Crippen LogP contribution in [0.2, 0.25) is 5.02 Å². The molecule has 8 heteroatoms. The van der Waals surface area contributed by atoms with Crippen molar-refractivity contribution in [2.24, 2.45) is 0 Å². The van der Waals surface area contributed by atoms with E-state index < -0.39 is 10.8 Å². The van der Waals surface area contributed by atoms with Gasteiger partial charge in [0, 0.05) is 17.5 Å². The number of ether oxygens (including phenoxy) is 1. The molecule has 0 saturated carbocycles. The molecule has 2 aromatic rings. The molecule has 0 heterocycles. The third-order valence-corrected chi connectivity index (χ3v) is 4.48. The molecule has 1 amide bonds. The van der Waals surface area contributed by atoms with Gasteiger partial charge in [-0.1, -0.05) is 30.7 Å². The summed E-state index contributed by atoms with van der Waals surface area (Å²) in [4.78, 5) is 34.7. The SMILES string of the molecule is CC1CC(=O)c2c(OCC(=O)Nc3ccccc3[N+](=O)[O-])ccc(Cl)c21. The summed E-state index contributed by atoms with van der Waals surface area (Å²) >= 11 is 6.17. The first-order chi connectivity index (χ1) is 12.4. The summed E-state index contributed by atoms with van der Waals surface area (Å²) in [7, 11) is 0. The van der Waals surface area contributed by atoms with Crippen LogP contribution >= 0.6 is 11.6 Å². The lowest BCUT2D eigenvalue weighted by molar-refractivity contribution is -0.383. The zero-order chi connectivity index (χ0) is 18.8. The minimum absolute atomic E-state index is 0.00524. The van der Waals surface area contributed by atoms with Gasteiger partial charge in [-0.3, -0.25) is 19.7 Å². The number of ketones is 1. The number of Topliss-reactive ketones (excluding diaryl/α,β-unsaturated/α-hetero) is 1. The molecule has 0 saturated heterocycles. The number of nitro benzene ring substituents is 1. The highest BCUT2D eigenvalue weighted by molar-refractivity contribution is 6.32. The smallest absolute Gasteiger partial charge is 0.292 e. The predicted octanol–water partition coefficient (Wildman–Crippen LogP) is 3.96. The number of amides is 1. The average molecular weight is 375 g/mol. The van der Waals surface area contributed by atoms with Gasteiger partial charge in [0.2, 0.25) is 0 Å². The maximum absolute atomic E-state index is 12.2. The van der Waals surface area contributed by atoms with E-state index >= 15 is 0 Å². The maximum Gasteiger partial charge on any atom is 0.292 e. The van der Waals surface area contributed by atoms with E-state index in [-0.39, 0.29) is 35.4 Å². The van der Waals surface area contributed by atoms with Crippen LogP contribution in [0, 0.1) is 10.1 Å². The van der Waals surface area contributed by atoms with Crippen molar-refractivity contribution in [3.63, 3.8) is 0 Å². The largest absolute Gasteiger partial charge is 0.483 e. The highest BCUT2D eigenvalue weighted by Gasteiger charge is 2.32. The van der Waals surface area contributed by atoms with Crippen LogP contribution in [0.25, 0.3) is 0 Å². The fraction of sp³-hybridized carbons (Fsp3) is 0.222. The van der Waals surface area contributed by atoms with E-state index in [1.54, 1.807) is 18.2 Å². The maximum atomic E-state index is 12.2. The first kappa shape index (κ1) is 17.9. The van der Waals surface area contributed by atoms with Crippen molar-refractivity contribution in [2.75, 3.05) is 11.9 Å². The van der Waals surface area contributed by atoms with Crippen molar-refractivity contribution < 1.29 is 19.2 Å². The molecular formula is C18H15ClN2O5. The van der Waals surface area contributed by atoms with Crippen LogP contribution in [0.15, 0.2) is 36.4 Å². The van der Waals surface area contributed by atoms with Crippen molar-refractivity contribution in [1.82, 2.24) is 0 Å². The number of rotatable bonds is 5. The molecule has 26 heavy (non-hydrogen) atoms. The molecule has 0 fully saturated rings. The summed E-state index contributed by atoms with van der Waals surface area (Å²) in [5, 5.41) is 13.9. The van der Waals surface area contributed by atoms with Crippen molar-refractivity contribution in [3.05, 3.63) is 62.7 Å². The van der Waals surface area contributed by atoms with Crippen LogP contribution in [0.3, 0.4) is 0 Å². The van der Waals surface area contributed by atoms with Gasteiger partial charge >= 0.3 is 0 Å². The molecule has 7 nitrogen and oxygen atoms in total. The highest BCUT2D eigenvalue weighted by atomic mass is 35.5. The van der Waals surface area contributed by atoms with Crippen LogP contribution in [0.1, 0.15) is 35.2 Å². The van der Waals surface area contributed by atoms with Crippen molar-refractivity contribution in [1.29, 1.82) is 0 Å². The summed E-state index contributed by atoms with van der Waals surface area (Å²) < 4.78 is 5.50. The number of hydrogen-bond acceptors (Lipinski definition) is 5. The number of carbonyl (C=O) groups excluding carboxylic acids is 2. The fourth-order valence-corrected chi connectivity index (χ4v) is 3.36. The third kappa shape index (κ3) is 3.39. The van der Waals surface area contributed by atoms with E-state index in [1.165, 1.54) is 18.2 Å². The lowest BCUT2D eigenvalue weighted by atomic mass is 10.0. The summed E-state index contributed by atoms with van der Waals surface area (Å²) in [6, 6.07) is 8.99. The van der Waals surface area contributed by atoms with E-state index in [4.69, 9.17) is 16.3 Å². The Hall–Kier alpha value is -2.93. The van der Waals surface area contributed by atoms with E-state index in [2.05, 4.69) is 5.32 Å². The van der Waals surface area contributed by atoms with Gasteiger partial charge in [-0.05, 0) is 29.7 Å². The van der Waals surface area contributed by atoms with Crippen molar-refractivity contribution >= 4 is 34.7 Å². The Balaban J connectivity index is 1.74. The van der Waals surface area contributed by atoms with Gasteiger partial charge < -0.3 is 10.1 Å². The van der Waals surface area contributed by atoms with Gasteiger partial charge in [0.05, 0.1) is 10.5 Å². The number of anilines is 1. The molecule has 0 aliphatic heterocycles. The van der Waals surface area contributed by atoms with Gasteiger partial charge in [0.15, 0.2) is 12.4 Å². The second-order valence-electron chi connectivity index (χ2n) is 5.97. The molecule has 1 atom stereocenters. The number of nitrogens with one attached hydrogen (secondary N) is 1. The molecule has 0 radical (unpaired) electrons. The van der Waals surface area contributed by atoms with E-state index in [0.717, 1.165) is 5.56 Å². The molecule has 1 aliphatic rings. The minimum Gasteiger partial charge on any atom is -0.483 e. The lowest BCUT2D eigenvalue weighted by Gasteiger charge is -2.12. The number of nitro groups is 1. The normalized spacial score (nSPS) is 15.5. The molecule has 3 rings (SSSR count). The number of nitrogens with zero attached hydrogens (tertiary/aromatic N) is 1. The Labute approximate surface area is 154 Å². The quantitative estimate of drug-likeness (QED) is 0.631. The Kier molecular flexibility index (Phi) is 4.90. The lowest BCUT2D eigenvalue weighted by Crippen LogP contribution is -2.21. The van der Waals surface area contributed by atoms with Crippen LogP contribution in [0.4, 0.5) is 11.4 Å². The summed E-state index contributed by atoms with van der Waals surface area (Å²) in [6.07, 6.45) is 0.345. The summed E-state index contributed by atoms with van der Waals surface area (Å²) in [5.74, 6) is -0.364. The van der Waals surface area contributed by atoms with Crippen LogP contribution in [-0.4, -0.2) is 23.2 Å². The van der Waals surface area contributed by atoms with Crippen LogP contribution in [-0.2, 0) is 4.79 Å². The molecule has 2 aromatic carbocycles. The van der Waals surface area contributed by atoms with Crippen molar-refractivity contribution in [3.8, 4) is 5.75 Å². The Morgan fingerprint density at radius 1 is 1.35 bits per heavy atom. The zero-order valence-electron chi connectivity index (χ0n) is 13.8. The van der Waals surface area contributed by atoms with Gasteiger partial charge in [-0.15, -0.1) is 0 Å². The third-order valence-electron chi connectivity index (χ3n) is 4.15. The molecule has 1 N–H and O–H groups in total. The fourth-order valence-electron chi connectivity index (χ4n) is 3.01. The number of fused-ring (bicyclic) bond motifs is 1. The van der Waals surface area contributed by atoms with Gasteiger partial charge in [0.25, 0.3) is 11.6 Å². The molecule has 1 unspecified atom stereocenters. The molecule has 0 bridgehead atoms. The van der Waals surface area contributed by atoms with Crippen LogP contribution < -0.4 is 10.1 Å². The number of carbonyl (C=O) groups is 2. The second-order valence-corrected chi connectivity index (χ2v) is 6.38. The minimum atomic E-state index is -0.581. The standard InChI is InChI=1S/C18H15ClN2O5/c1-10-8-14(22)18-15(7-6-11(19)17(10)18)26-9-16(23)20-12-4-2-3-5-13(12)21(24)25/h2-7,10H,8-9H2,1H3,(H,20,23). The van der Waals surface area contributed by atoms with E-state index in [9.17, 15) is 19.7 Å².